The summed E-state index contributed by atoms with van der Waals surface area (Å²) in [7, 11) is 0. The molecule has 3 rings (SSSR count). The molecule has 0 N–H and O–H groups in total. The highest BCUT2D eigenvalue weighted by molar-refractivity contribution is 5.81. The Morgan fingerprint density at radius 2 is 1.78 bits per heavy atom. The Bertz CT molecular complexity index is 814. The minimum absolute atomic E-state index is 0.0279. The Kier molecular flexibility index (Phi) is 5.59. The summed E-state index contributed by atoms with van der Waals surface area (Å²) >= 11 is 0. The summed E-state index contributed by atoms with van der Waals surface area (Å²) in [4.78, 5) is 26.9. The fourth-order valence-electron chi connectivity index (χ4n) is 3.17. The van der Waals surface area contributed by atoms with Crippen molar-refractivity contribution in [3.8, 4) is 5.75 Å². The van der Waals surface area contributed by atoms with Gasteiger partial charge in [-0.2, -0.15) is 0 Å². The van der Waals surface area contributed by atoms with E-state index in [2.05, 4.69) is 4.90 Å². The number of nitro groups is 1. The number of amides is 1. The average molecular weight is 369 g/mol. The predicted octanol–water partition coefficient (Wildman–Crippen LogP) is 3.02. The molecule has 0 aromatic heterocycles. The SMILES string of the molecule is Cc1cccc(O[C@@H](C)C(=O)N2CCN(c3ccc([N+](=O)[O-])cc3)CC2)c1. The van der Waals surface area contributed by atoms with Gasteiger partial charge < -0.3 is 14.5 Å². The van der Waals surface area contributed by atoms with Crippen molar-refractivity contribution in [2.45, 2.75) is 20.0 Å². The van der Waals surface area contributed by atoms with Gasteiger partial charge in [-0.15, -0.1) is 0 Å². The van der Waals surface area contributed by atoms with Crippen molar-refractivity contribution < 1.29 is 14.5 Å². The quantitative estimate of drug-likeness (QED) is 0.598. The van der Waals surface area contributed by atoms with Crippen LogP contribution in [0.4, 0.5) is 11.4 Å². The molecule has 0 saturated carbocycles. The number of hydrogen-bond acceptors (Lipinski definition) is 5. The average Bonchev–Trinajstić information content (AvgIpc) is 2.67. The molecule has 27 heavy (non-hydrogen) atoms. The van der Waals surface area contributed by atoms with E-state index >= 15 is 0 Å². The second-order valence-electron chi connectivity index (χ2n) is 6.66. The Labute approximate surface area is 158 Å². The molecule has 0 aliphatic carbocycles. The number of rotatable bonds is 5. The van der Waals surface area contributed by atoms with Crippen molar-refractivity contribution in [1.29, 1.82) is 0 Å². The molecule has 0 spiro atoms. The lowest BCUT2D eigenvalue weighted by atomic mass is 10.2. The smallest absolute Gasteiger partial charge is 0.269 e. The second kappa shape index (κ2) is 8.07. The van der Waals surface area contributed by atoms with Crippen molar-refractivity contribution in [3.05, 3.63) is 64.2 Å². The number of hydrogen-bond donors (Lipinski definition) is 0. The first kappa shape index (κ1) is 18.7. The molecule has 1 atom stereocenters. The first-order valence-electron chi connectivity index (χ1n) is 8.95. The number of anilines is 1. The maximum absolute atomic E-state index is 12.7. The molecule has 0 radical (unpaired) electrons. The van der Waals surface area contributed by atoms with Gasteiger partial charge in [-0.3, -0.25) is 14.9 Å². The third-order valence-corrected chi connectivity index (χ3v) is 4.67. The van der Waals surface area contributed by atoms with Crippen molar-refractivity contribution >= 4 is 17.3 Å². The van der Waals surface area contributed by atoms with Crippen LogP contribution in [-0.4, -0.2) is 48.0 Å². The summed E-state index contributed by atoms with van der Waals surface area (Å²) in [6, 6.07) is 14.2. The van der Waals surface area contributed by atoms with E-state index in [-0.39, 0.29) is 11.6 Å². The highest BCUT2D eigenvalue weighted by atomic mass is 16.6. The van der Waals surface area contributed by atoms with Crippen LogP contribution in [0, 0.1) is 17.0 Å². The normalized spacial score (nSPS) is 15.3. The van der Waals surface area contributed by atoms with Crippen LogP contribution in [0.15, 0.2) is 48.5 Å². The first-order valence-corrected chi connectivity index (χ1v) is 8.95. The predicted molar refractivity (Wildman–Crippen MR) is 103 cm³/mol. The summed E-state index contributed by atoms with van der Waals surface area (Å²) in [6.45, 7) is 6.31. The van der Waals surface area contributed by atoms with Gasteiger partial charge in [0.25, 0.3) is 11.6 Å². The van der Waals surface area contributed by atoms with Crippen molar-refractivity contribution in [1.82, 2.24) is 4.90 Å². The van der Waals surface area contributed by atoms with Gasteiger partial charge in [0.05, 0.1) is 4.92 Å². The Balaban J connectivity index is 1.54. The van der Waals surface area contributed by atoms with Gasteiger partial charge in [0.1, 0.15) is 5.75 Å². The van der Waals surface area contributed by atoms with Crippen LogP contribution in [0.25, 0.3) is 0 Å². The number of piperazine rings is 1. The van der Waals surface area contributed by atoms with Crippen LogP contribution in [-0.2, 0) is 4.79 Å². The zero-order valence-electron chi connectivity index (χ0n) is 15.5. The van der Waals surface area contributed by atoms with E-state index in [1.165, 1.54) is 12.1 Å². The Morgan fingerprint density at radius 3 is 2.37 bits per heavy atom. The number of ether oxygens (including phenoxy) is 1. The highest BCUT2D eigenvalue weighted by Gasteiger charge is 2.26. The van der Waals surface area contributed by atoms with E-state index in [9.17, 15) is 14.9 Å². The van der Waals surface area contributed by atoms with E-state index < -0.39 is 11.0 Å². The van der Waals surface area contributed by atoms with Crippen molar-refractivity contribution in [2.24, 2.45) is 0 Å². The van der Waals surface area contributed by atoms with Crippen LogP contribution in [0.3, 0.4) is 0 Å². The maximum atomic E-state index is 12.7. The van der Waals surface area contributed by atoms with Crippen LogP contribution < -0.4 is 9.64 Å². The molecule has 1 heterocycles. The first-order chi connectivity index (χ1) is 12.9. The van der Waals surface area contributed by atoms with E-state index in [0.29, 0.717) is 31.9 Å². The molecule has 1 amide bonds. The molecule has 0 unspecified atom stereocenters. The molecule has 2 aromatic rings. The van der Waals surface area contributed by atoms with Crippen molar-refractivity contribution in [3.63, 3.8) is 0 Å². The van der Waals surface area contributed by atoms with Crippen molar-refractivity contribution in [2.75, 3.05) is 31.1 Å². The van der Waals surface area contributed by atoms with Crippen LogP contribution in [0.5, 0.6) is 5.75 Å². The molecule has 0 bridgehead atoms. The topological polar surface area (TPSA) is 75.9 Å². The number of carbonyl (C=O) groups excluding carboxylic acids is 1. The molecule has 142 valence electrons. The molecular formula is C20H23N3O4. The third kappa shape index (κ3) is 4.55. The fourth-order valence-corrected chi connectivity index (χ4v) is 3.17. The lowest BCUT2D eigenvalue weighted by molar-refractivity contribution is -0.384. The monoisotopic (exact) mass is 369 g/mol. The zero-order valence-corrected chi connectivity index (χ0v) is 15.5. The second-order valence-corrected chi connectivity index (χ2v) is 6.66. The molecule has 1 saturated heterocycles. The largest absolute Gasteiger partial charge is 0.481 e. The number of nitrogens with zero attached hydrogens (tertiary/aromatic N) is 3. The van der Waals surface area contributed by atoms with Crippen LogP contribution in [0.2, 0.25) is 0 Å². The minimum Gasteiger partial charge on any atom is -0.481 e. The van der Waals surface area contributed by atoms with Gasteiger partial charge >= 0.3 is 0 Å². The summed E-state index contributed by atoms with van der Waals surface area (Å²) in [5.74, 6) is 0.667. The molecule has 7 nitrogen and oxygen atoms in total. The number of nitro benzene ring substituents is 1. The van der Waals surface area contributed by atoms with Gasteiger partial charge in [-0.1, -0.05) is 12.1 Å². The van der Waals surface area contributed by atoms with Gasteiger partial charge in [0, 0.05) is 44.0 Å². The molecule has 1 fully saturated rings. The highest BCUT2D eigenvalue weighted by Crippen LogP contribution is 2.21. The summed E-state index contributed by atoms with van der Waals surface area (Å²) in [5.41, 5.74) is 2.09. The van der Waals surface area contributed by atoms with Gasteiger partial charge in [0.15, 0.2) is 6.10 Å². The van der Waals surface area contributed by atoms with E-state index in [1.54, 1.807) is 19.1 Å². The molecule has 1 aliphatic rings. The van der Waals surface area contributed by atoms with Crippen LogP contribution in [0.1, 0.15) is 12.5 Å². The lowest BCUT2D eigenvalue weighted by Crippen LogP contribution is -2.52. The number of benzene rings is 2. The standard InChI is InChI=1S/C20H23N3O4/c1-15-4-3-5-19(14-15)27-16(2)20(24)22-12-10-21(11-13-22)17-6-8-18(9-7-17)23(25)26/h3-9,14,16H,10-13H2,1-2H3/t16-/m0/s1. The fraction of sp³-hybridized carbons (Fsp3) is 0.350. The molecular weight excluding hydrogens is 346 g/mol. The zero-order chi connectivity index (χ0) is 19.4. The maximum Gasteiger partial charge on any atom is 0.269 e. The third-order valence-electron chi connectivity index (χ3n) is 4.67. The summed E-state index contributed by atoms with van der Waals surface area (Å²) in [5, 5.41) is 10.8. The Morgan fingerprint density at radius 1 is 1.11 bits per heavy atom. The lowest BCUT2D eigenvalue weighted by Gasteiger charge is -2.37. The van der Waals surface area contributed by atoms with E-state index in [4.69, 9.17) is 4.74 Å². The molecule has 7 heteroatoms. The number of carbonyl (C=O) groups is 1. The number of non-ortho nitro benzene ring substituents is 1. The van der Waals surface area contributed by atoms with Gasteiger partial charge in [0.2, 0.25) is 0 Å². The minimum atomic E-state index is -0.544. The number of aryl methyl sites for hydroxylation is 1. The van der Waals surface area contributed by atoms with Gasteiger partial charge in [-0.25, -0.2) is 0 Å². The van der Waals surface area contributed by atoms with Crippen LogP contribution >= 0.6 is 0 Å². The Hall–Kier alpha value is -3.09. The molecule has 2 aromatic carbocycles. The van der Waals surface area contributed by atoms with E-state index in [1.807, 2.05) is 36.1 Å². The summed E-state index contributed by atoms with van der Waals surface area (Å²) < 4.78 is 5.79. The van der Waals surface area contributed by atoms with E-state index in [0.717, 1.165) is 11.3 Å². The summed E-state index contributed by atoms with van der Waals surface area (Å²) in [6.07, 6.45) is -0.544. The molecule has 1 aliphatic heterocycles. The van der Waals surface area contributed by atoms with Gasteiger partial charge in [-0.05, 0) is 43.7 Å².